The Kier molecular flexibility index (Phi) is 6.62. The van der Waals surface area contributed by atoms with E-state index in [9.17, 15) is 9.59 Å². The molecule has 1 aliphatic carbocycles. The lowest BCUT2D eigenvalue weighted by Crippen LogP contribution is -2.32. The lowest BCUT2D eigenvalue weighted by atomic mass is 10.0. The quantitative estimate of drug-likeness (QED) is 0.369. The number of ether oxygens (including phenoxy) is 1. The summed E-state index contributed by atoms with van der Waals surface area (Å²) >= 11 is 2.87. The number of amides is 1. The molecule has 3 aromatic rings. The minimum Gasteiger partial charge on any atom is -0.497 e. The second-order valence-electron chi connectivity index (χ2n) is 8.57. The highest BCUT2D eigenvalue weighted by Gasteiger charge is 2.33. The number of aromatic nitrogens is 2. The number of nitrogens with one attached hydrogen (secondary N) is 1. The molecule has 1 saturated carbocycles. The van der Waals surface area contributed by atoms with Gasteiger partial charge < -0.3 is 10.1 Å². The molecule has 2 heterocycles. The Balaban J connectivity index is 1.53. The van der Waals surface area contributed by atoms with E-state index in [1.807, 2.05) is 52.0 Å². The molecule has 1 fully saturated rings. The topological polar surface area (TPSA) is 73.2 Å². The molecule has 0 aliphatic heterocycles. The van der Waals surface area contributed by atoms with E-state index >= 15 is 0 Å². The highest BCUT2D eigenvalue weighted by molar-refractivity contribution is 7.99. The van der Waals surface area contributed by atoms with Crippen LogP contribution in [0, 0.1) is 19.8 Å². The molecule has 1 aliphatic rings. The summed E-state index contributed by atoms with van der Waals surface area (Å²) in [5.41, 5.74) is 2.07. The Hall–Kier alpha value is -2.32. The first kappa shape index (κ1) is 22.9. The van der Waals surface area contributed by atoms with Crippen molar-refractivity contribution in [3.8, 4) is 5.75 Å². The number of hydrogen-bond acceptors (Lipinski definition) is 6. The van der Waals surface area contributed by atoms with Crippen molar-refractivity contribution in [2.24, 2.45) is 5.92 Å². The van der Waals surface area contributed by atoms with E-state index in [1.165, 1.54) is 23.1 Å². The van der Waals surface area contributed by atoms with Gasteiger partial charge in [0.1, 0.15) is 10.6 Å². The van der Waals surface area contributed by atoms with Gasteiger partial charge in [0.05, 0.1) is 24.3 Å². The minimum atomic E-state index is -0.0501. The zero-order valence-electron chi connectivity index (χ0n) is 19.1. The lowest BCUT2D eigenvalue weighted by molar-refractivity contribution is -0.119. The Labute approximate surface area is 196 Å². The average molecular weight is 472 g/mol. The van der Waals surface area contributed by atoms with Gasteiger partial charge in [0.25, 0.3) is 5.56 Å². The number of fused-ring (bicyclic) bond motifs is 1. The van der Waals surface area contributed by atoms with Crippen molar-refractivity contribution < 1.29 is 9.53 Å². The average Bonchev–Trinajstić information content (AvgIpc) is 3.56. The molecule has 0 spiro atoms. The summed E-state index contributed by atoms with van der Waals surface area (Å²) in [5.74, 6) is 1.44. The molecule has 1 unspecified atom stereocenters. The van der Waals surface area contributed by atoms with Gasteiger partial charge in [-0.25, -0.2) is 4.98 Å². The zero-order valence-corrected chi connectivity index (χ0v) is 20.7. The van der Waals surface area contributed by atoms with Crippen molar-refractivity contribution in [3.05, 3.63) is 50.6 Å². The van der Waals surface area contributed by atoms with E-state index in [2.05, 4.69) is 5.32 Å². The first-order valence-corrected chi connectivity index (χ1v) is 12.7. The van der Waals surface area contributed by atoms with Crippen molar-refractivity contribution in [1.82, 2.24) is 14.9 Å². The number of carbonyl (C=O) groups is 1. The summed E-state index contributed by atoms with van der Waals surface area (Å²) in [6.07, 6.45) is 2.23. The van der Waals surface area contributed by atoms with Gasteiger partial charge in [-0.3, -0.25) is 14.2 Å². The monoisotopic (exact) mass is 471 g/mol. The van der Waals surface area contributed by atoms with Gasteiger partial charge >= 0.3 is 0 Å². The van der Waals surface area contributed by atoms with Crippen LogP contribution in [0.1, 0.15) is 54.8 Å². The highest BCUT2D eigenvalue weighted by atomic mass is 32.2. The molecule has 0 bridgehead atoms. The highest BCUT2D eigenvalue weighted by Crippen LogP contribution is 2.41. The van der Waals surface area contributed by atoms with Gasteiger partial charge in [-0.2, -0.15) is 0 Å². The second-order valence-corrected chi connectivity index (χ2v) is 10.7. The third kappa shape index (κ3) is 4.57. The SMILES string of the molecule is COc1ccc(C(NC(=O)CSc2nc3sc(C)c(C)c3c(=O)n2C(C)C)C2CC2)cc1. The second kappa shape index (κ2) is 9.27. The smallest absolute Gasteiger partial charge is 0.263 e. The Bertz CT molecular complexity index is 1190. The number of hydrogen-bond donors (Lipinski definition) is 1. The Morgan fingerprint density at radius 3 is 2.56 bits per heavy atom. The third-order valence-corrected chi connectivity index (χ3v) is 7.99. The van der Waals surface area contributed by atoms with Crippen molar-refractivity contribution >= 4 is 39.2 Å². The molecule has 170 valence electrons. The molecule has 2 aromatic heterocycles. The van der Waals surface area contributed by atoms with E-state index in [-0.39, 0.29) is 29.3 Å². The van der Waals surface area contributed by atoms with Gasteiger partial charge in [-0.15, -0.1) is 11.3 Å². The fraction of sp³-hybridized carbons (Fsp3) is 0.458. The number of benzene rings is 1. The first-order chi connectivity index (χ1) is 15.3. The van der Waals surface area contributed by atoms with Crippen LogP contribution in [0.3, 0.4) is 0 Å². The van der Waals surface area contributed by atoms with Crippen LogP contribution < -0.4 is 15.6 Å². The summed E-state index contributed by atoms with van der Waals surface area (Å²) in [4.78, 5) is 32.7. The van der Waals surface area contributed by atoms with Crippen LogP contribution in [0.2, 0.25) is 0 Å². The number of methoxy groups -OCH3 is 1. The van der Waals surface area contributed by atoms with Crippen LogP contribution in [-0.2, 0) is 4.79 Å². The molecule has 0 radical (unpaired) electrons. The first-order valence-electron chi connectivity index (χ1n) is 10.9. The van der Waals surface area contributed by atoms with E-state index in [1.54, 1.807) is 11.7 Å². The van der Waals surface area contributed by atoms with Gasteiger partial charge in [0.15, 0.2) is 5.16 Å². The largest absolute Gasteiger partial charge is 0.497 e. The van der Waals surface area contributed by atoms with Crippen LogP contribution in [0.15, 0.2) is 34.2 Å². The summed E-state index contributed by atoms with van der Waals surface area (Å²) < 4.78 is 6.96. The molecule has 32 heavy (non-hydrogen) atoms. The van der Waals surface area contributed by atoms with Crippen molar-refractivity contribution in [2.75, 3.05) is 12.9 Å². The number of carbonyl (C=O) groups excluding carboxylic acids is 1. The third-order valence-electron chi connectivity index (χ3n) is 5.94. The number of nitrogens with zero attached hydrogens (tertiary/aromatic N) is 2. The predicted octanol–water partition coefficient (Wildman–Crippen LogP) is 5.02. The van der Waals surface area contributed by atoms with Crippen LogP contribution in [0.5, 0.6) is 5.75 Å². The molecule has 4 rings (SSSR count). The predicted molar refractivity (Wildman–Crippen MR) is 131 cm³/mol. The minimum absolute atomic E-state index is 0.000618. The molecule has 1 atom stereocenters. The van der Waals surface area contributed by atoms with Crippen molar-refractivity contribution in [2.45, 2.75) is 57.8 Å². The summed E-state index contributed by atoms with van der Waals surface area (Å²) in [5, 5.41) is 4.50. The lowest BCUT2D eigenvalue weighted by Gasteiger charge is -2.20. The molecule has 0 saturated heterocycles. The standard InChI is InChI=1S/C24H29N3O3S2/c1-13(2)27-23(29)20-14(3)15(4)32-22(20)26-24(27)31-12-19(28)25-21(16-6-7-16)17-8-10-18(30-5)11-9-17/h8-11,13,16,21H,6-7,12H2,1-5H3,(H,25,28). The molecule has 1 aromatic carbocycles. The van der Waals surface area contributed by atoms with Gasteiger partial charge in [0.2, 0.25) is 5.91 Å². The molecule has 1 N–H and O–H groups in total. The van der Waals surface area contributed by atoms with Crippen molar-refractivity contribution in [3.63, 3.8) is 0 Å². The van der Waals surface area contributed by atoms with Crippen LogP contribution in [0.4, 0.5) is 0 Å². The summed E-state index contributed by atoms with van der Waals surface area (Å²) in [6.45, 7) is 7.93. The fourth-order valence-corrected chi connectivity index (χ4v) is 5.91. The Morgan fingerprint density at radius 2 is 1.97 bits per heavy atom. The van der Waals surface area contributed by atoms with Crippen LogP contribution in [0.25, 0.3) is 10.2 Å². The summed E-state index contributed by atoms with van der Waals surface area (Å²) in [6, 6.07) is 7.85. The van der Waals surface area contributed by atoms with Crippen LogP contribution >= 0.6 is 23.1 Å². The number of thioether (sulfide) groups is 1. The molecular weight excluding hydrogens is 442 g/mol. The van der Waals surface area contributed by atoms with Crippen LogP contribution in [-0.4, -0.2) is 28.3 Å². The van der Waals surface area contributed by atoms with Crippen molar-refractivity contribution in [1.29, 1.82) is 0 Å². The number of aryl methyl sites for hydroxylation is 2. The maximum atomic E-state index is 13.2. The van der Waals surface area contributed by atoms with Gasteiger partial charge in [-0.05, 0) is 69.7 Å². The normalized spacial score (nSPS) is 14.7. The number of rotatable bonds is 8. The van der Waals surface area contributed by atoms with E-state index in [0.717, 1.165) is 39.4 Å². The maximum Gasteiger partial charge on any atom is 0.263 e. The van der Waals surface area contributed by atoms with E-state index < -0.39 is 0 Å². The molecule has 8 heteroatoms. The fourth-order valence-electron chi connectivity index (χ4n) is 3.90. The van der Waals surface area contributed by atoms with E-state index in [4.69, 9.17) is 9.72 Å². The zero-order chi connectivity index (χ0) is 23.0. The van der Waals surface area contributed by atoms with Gasteiger partial charge in [-0.1, -0.05) is 23.9 Å². The summed E-state index contributed by atoms with van der Waals surface area (Å²) in [7, 11) is 1.65. The molecule has 6 nitrogen and oxygen atoms in total. The maximum absolute atomic E-state index is 13.2. The Morgan fingerprint density at radius 1 is 1.28 bits per heavy atom. The van der Waals surface area contributed by atoms with E-state index in [0.29, 0.717) is 16.5 Å². The van der Waals surface area contributed by atoms with Gasteiger partial charge in [0, 0.05) is 10.9 Å². The molecular formula is C24H29N3O3S2. The molecule has 1 amide bonds. The number of thiophene rings is 1.